The van der Waals surface area contributed by atoms with Gasteiger partial charge in [-0.2, -0.15) is 0 Å². The van der Waals surface area contributed by atoms with E-state index in [1.54, 1.807) is 62.6 Å². The zero-order valence-electron chi connectivity index (χ0n) is 16.6. The lowest BCUT2D eigenvalue weighted by Gasteiger charge is -2.12. The molecule has 2 rings (SSSR count). The molecule has 0 radical (unpaired) electrons. The summed E-state index contributed by atoms with van der Waals surface area (Å²) in [6.07, 6.45) is 0. The quantitative estimate of drug-likeness (QED) is 0.686. The molecule has 2 aromatic carbocycles. The van der Waals surface area contributed by atoms with Crippen molar-refractivity contribution < 1.29 is 14.4 Å². The van der Waals surface area contributed by atoms with E-state index in [0.29, 0.717) is 16.9 Å². The number of nitrogens with one attached hydrogen (secondary N) is 3. The summed E-state index contributed by atoms with van der Waals surface area (Å²) in [4.78, 5) is 37.1. The lowest BCUT2D eigenvalue weighted by molar-refractivity contribution is -0.119. The highest BCUT2D eigenvalue weighted by Crippen LogP contribution is 2.15. The third-order valence-electron chi connectivity index (χ3n) is 3.95. The molecule has 7 heteroatoms. The van der Waals surface area contributed by atoms with Crippen LogP contribution in [0.5, 0.6) is 0 Å². The first-order valence-corrected chi connectivity index (χ1v) is 9.02. The molecule has 0 fully saturated rings. The van der Waals surface area contributed by atoms with E-state index in [-0.39, 0.29) is 30.2 Å². The van der Waals surface area contributed by atoms with Crippen molar-refractivity contribution in [1.29, 1.82) is 0 Å². The summed E-state index contributed by atoms with van der Waals surface area (Å²) in [6.45, 7) is 3.76. The van der Waals surface area contributed by atoms with Crippen molar-refractivity contribution in [2.45, 2.75) is 13.8 Å². The van der Waals surface area contributed by atoms with Gasteiger partial charge in [0.25, 0.3) is 5.91 Å². The van der Waals surface area contributed by atoms with Gasteiger partial charge in [0.05, 0.1) is 6.54 Å². The van der Waals surface area contributed by atoms with Crippen molar-refractivity contribution >= 4 is 34.8 Å². The first-order valence-electron chi connectivity index (χ1n) is 9.02. The van der Waals surface area contributed by atoms with Crippen molar-refractivity contribution in [3.05, 3.63) is 54.1 Å². The van der Waals surface area contributed by atoms with Crippen LogP contribution >= 0.6 is 0 Å². The monoisotopic (exact) mass is 382 g/mol. The van der Waals surface area contributed by atoms with Crippen LogP contribution in [0, 0.1) is 5.92 Å². The molecule has 0 aliphatic carbocycles. The molecule has 0 aromatic heterocycles. The Morgan fingerprint density at radius 2 is 1.32 bits per heavy atom. The van der Waals surface area contributed by atoms with Crippen LogP contribution in [0.1, 0.15) is 24.2 Å². The topological polar surface area (TPSA) is 90.5 Å². The molecule has 0 atom stereocenters. The van der Waals surface area contributed by atoms with Gasteiger partial charge in [-0.1, -0.05) is 13.8 Å². The molecule has 0 aliphatic rings. The van der Waals surface area contributed by atoms with Crippen molar-refractivity contribution in [1.82, 2.24) is 4.90 Å². The van der Waals surface area contributed by atoms with Crippen molar-refractivity contribution in [2.75, 3.05) is 36.6 Å². The second-order valence-electron chi connectivity index (χ2n) is 6.90. The molecule has 0 heterocycles. The number of benzene rings is 2. The van der Waals surface area contributed by atoms with Crippen LogP contribution in [0.3, 0.4) is 0 Å². The first-order chi connectivity index (χ1) is 13.3. The van der Waals surface area contributed by atoms with Gasteiger partial charge in [0.15, 0.2) is 0 Å². The molecule has 0 unspecified atom stereocenters. The number of anilines is 3. The summed E-state index contributed by atoms with van der Waals surface area (Å²) in [6, 6.07) is 13.9. The average molecular weight is 382 g/mol. The normalized spacial score (nSPS) is 10.3. The van der Waals surface area contributed by atoms with E-state index in [2.05, 4.69) is 16.0 Å². The molecule has 148 valence electrons. The maximum Gasteiger partial charge on any atom is 0.253 e. The second kappa shape index (κ2) is 9.55. The molecular weight excluding hydrogens is 356 g/mol. The molecule has 0 aliphatic heterocycles. The summed E-state index contributed by atoms with van der Waals surface area (Å²) >= 11 is 0. The largest absolute Gasteiger partial charge is 0.376 e. The molecule has 3 amide bonds. The van der Waals surface area contributed by atoms with Crippen LogP contribution in [0.25, 0.3) is 0 Å². The van der Waals surface area contributed by atoms with Crippen molar-refractivity contribution in [2.24, 2.45) is 5.92 Å². The molecule has 0 spiro atoms. The minimum Gasteiger partial charge on any atom is -0.376 e. The summed E-state index contributed by atoms with van der Waals surface area (Å²) in [7, 11) is 3.38. The molecule has 0 saturated heterocycles. The molecule has 0 bridgehead atoms. The lowest BCUT2D eigenvalue weighted by atomic mass is 10.2. The van der Waals surface area contributed by atoms with Gasteiger partial charge in [0.1, 0.15) is 0 Å². The standard InChI is InChI=1S/C21H26N4O3/c1-14(2)20(27)24-18-11-9-16(10-12-18)22-13-19(26)23-17-7-5-15(6-8-17)21(28)25(3)4/h5-12,14,22H,13H2,1-4H3,(H,23,26)(H,24,27). The number of carbonyl (C=O) groups excluding carboxylic acids is 3. The molecule has 28 heavy (non-hydrogen) atoms. The second-order valence-corrected chi connectivity index (χ2v) is 6.90. The number of hydrogen-bond donors (Lipinski definition) is 3. The molecular formula is C21H26N4O3. The fourth-order valence-electron chi connectivity index (χ4n) is 2.30. The third kappa shape index (κ3) is 6.12. The SMILES string of the molecule is CC(C)C(=O)Nc1ccc(NCC(=O)Nc2ccc(C(=O)N(C)C)cc2)cc1. The predicted octanol–water partition coefficient (Wildman–Crippen LogP) is 3.03. The fraction of sp³-hybridized carbons (Fsp3) is 0.286. The number of nitrogens with zero attached hydrogens (tertiary/aromatic N) is 1. The van der Waals surface area contributed by atoms with E-state index >= 15 is 0 Å². The predicted molar refractivity (Wildman–Crippen MR) is 111 cm³/mol. The zero-order valence-corrected chi connectivity index (χ0v) is 16.6. The molecule has 3 N–H and O–H groups in total. The Labute approximate surface area is 165 Å². The number of hydrogen-bond acceptors (Lipinski definition) is 4. The molecule has 0 saturated carbocycles. The Balaban J connectivity index is 1.83. The van der Waals surface area contributed by atoms with Crippen LogP contribution in [0.4, 0.5) is 17.1 Å². The van der Waals surface area contributed by atoms with Gasteiger partial charge in [-0.05, 0) is 48.5 Å². The third-order valence-corrected chi connectivity index (χ3v) is 3.95. The summed E-state index contributed by atoms with van der Waals surface area (Å²) in [5.41, 5.74) is 2.66. The van der Waals surface area contributed by atoms with Crippen molar-refractivity contribution in [3.8, 4) is 0 Å². The number of amides is 3. The van der Waals surface area contributed by atoms with Gasteiger partial charge in [0, 0.05) is 42.6 Å². The van der Waals surface area contributed by atoms with Gasteiger partial charge in [0.2, 0.25) is 11.8 Å². The van der Waals surface area contributed by atoms with Gasteiger partial charge >= 0.3 is 0 Å². The van der Waals surface area contributed by atoms with E-state index in [1.807, 2.05) is 13.8 Å². The summed E-state index contributed by atoms with van der Waals surface area (Å²) in [5, 5.41) is 8.61. The van der Waals surface area contributed by atoms with Crippen molar-refractivity contribution in [3.63, 3.8) is 0 Å². The van der Waals surface area contributed by atoms with Crippen LogP contribution in [-0.4, -0.2) is 43.3 Å². The lowest BCUT2D eigenvalue weighted by Crippen LogP contribution is -2.23. The van der Waals surface area contributed by atoms with Crippen LogP contribution in [0.15, 0.2) is 48.5 Å². The highest BCUT2D eigenvalue weighted by molar-refractivity contribution is 5.96. The molecule has 2 aromatic rings. The van der Waals surface area contributed by atoms with Crippen LogP contribution in [-0.2, 0) is 9.59 Å². The van der Waals surface area contributed by atoms with E-state index < -0.39 is 0 Å². The highest BCUT2D eigenvalue weighted by atomic mass is 16.2. The molecule has 7 nitrogen and oxygen atoms in total. The maximum atomic E-state index is 12.1. The Bertz CT molecular complexity index is 828. The van der Waals surface area contributed by atoms with Gasteiger partial charge < -0.3 is 20.9 Å². The maximum absolute atomic E-state index is 12.1. The summed E-state index contributed by atoms with van der Waals surface area (Å²) in [5.74, 6) is -0.425. The minimum absolute atomic E-state index is 0.0432. The Morgan fingerprint density at radius 3 is 1.86 bits per heavy atom. The van der Waals surface area contributed by atoms with E-state index in [9.17, 15) is 14.4 Å². The van der Waals surface area contributed by atoms with Crippen LogP contribution < -0.4 is 16.0 Å². The highest BCUT2D eigenvalue weighted by Gasteiger charge is 2.09. The zero-order chi connectivity index (χ0) is 20.7. The first kappa shape index (κ1) is 21.0. The van der Waals surface area contributed by atoms with Gasteiger partial charge in [-0.25, -0.2) is 0 Å². The van der Waals surface area contributed by atoms with Gasteiger partial charge in [-0.3, -0.25) is 14.4 Å². The van der Waals surface area contributed by atoms with E-state index in [4.69, 9.17) is 0 Å². The average Bonchev–Trinajstić information content (AvgIpc) is 2.67. The summed E-state index contributed by atoms with van der Waals surface area (Å²) < 4.78 is 0. The Hall–Kier alpha value is -3.35. The van der Waals surface area contributed by atoms with E-state index in [0.717, 1.165) is 5.69 Å². The Morgan fingerprint density at radius 1 is 0.821 bits per heavy atom. The Kier molecular flexibility index (Phi) is 7.14. The fourth-order valence-corrected chi connectivity index (χ4v) is 2.30. The minimum atomic E-state index is -0.205. The van der Waals surface area contributed by atoms with Gasteiger partial charge in [-0.15, -0.1) is 0 Å². The smallest absolute Gasteiger partial charge is 0.253 e. The van der Waals surface area contributed by atoms with Crippen LogP contribution in [0.2, 0.25) is 0 Å². The van der Waals surface area contributed by atoms with E-state index in [1.165, 1.54) is 4.90 Å². The number of carbonyl (C=O) groups is 3. The number of rotatable bonds is 7.